The second-order valence-electron chi connectivity index (χ2n) is 6.91. The van der Waals surface area contributed by atoms with E-state index >= 15 is 0 Å². The molecule has 0 fully saturated rings. The maximum Gasteiger partial charge on any atom is 0.201 e. The molecule has 4 nitrogen and oxygen atoms in total. The first kappa shape index (κ1) is 15.3. The molecular weight excluding hydrogens is 322 g/mol. The summed E-state index contributed by atoms with van der Waals surface area (Å²) in [4.78, 5) is 6.90. The number of hydrogen-bond acceptors (Lipinski definition) is 2. The predicted octanol–water partition coefficient (Wildman–Crippen LogP) is 3.96. The van der Waals surface area contributed by atoms with Crippen molar-refractivity contribution >= 4 is 28.1 Å². The second-order valence-corrected chi connectivity index (χ2v) is 6.91. The van der Waals surface area contributed by atoms with Crippen molar-refractivity contribution in [3.8, 4) is 5.75 Å². The van der Waals surface area contributed by atoms with E-state index in [1.54, 1.807) is 7.11 Å². The largest absolute Gasteiger partial charge is 0.496 e. The first-order valence-corrected chi connectivity index (χ1v) is 9.07. The van der Waals surface area contributed by atoms with Crippen LogP contribution in [0.25, 0.3) is 10.8 Å². The van der Waals surface area contributed by atoms with Crippen molar-refractivity contribution < 1.29 is 4.74 Å². The summed E-state index contributed by atoms with van der Waals surface area (Å²) in [5.41, 5.74) is 12.5. The van der Waals surface area contributed by atoms with Crippen molar-refractivity contribution in [1.82, 2.24) is 0 Å². The molecule has 0 radical (unpaired) electrons. The van der Waals surface area contributed by atoms with E-state index in [2.05, 4.69) is 41.3 Å². The highest BCUT2D eigenvalue weighted by atomic mass is 16.5. The number of aliphatic imine (C=N–C) groups is 1. The van der Waals surface area contributed by atoms with Gasteiger partial charge in [0.05, 0.1) is 18.5 Å². The van der Waals surface area contributed by atoms with Crippen LogP contribution in [0.2, 0.25) is 0 Å². The molecule has 0 saturated heterocycles. The van der Waals surface area contributed by atoms with Crippen molar-refractivity contribution in [3.05, 3.63) is 65.2 Å². The number of fused-ring (bicyclic) bond motifs is 1. The van der Waals surface area contributed by atoms with Crippen LogP contribution >= 0.6 is 0 Å². The van der Waals surface area contributed by atoms with Crippen LogP contribution in [0.1, 0.15) is 16.7 Å². The van der Waals surface area contributed by atoms with Gasteiger partial charge in [-0.1, -0.05) is 30.3 Å². The van der Waals surface area contributed by atoms with Crippen LogP contribution in [0.4, 0.5) is 11.4 Å². The van der Waals surface area contributed by atoms with Gasteiger partial charge in [0.1, 0.15) is 5.75 Å². The molecular formula is C22H21N3O. The number of anilines is 1. The summed E-state index contributed by atoms with van der Waals surface area (Å²) in [5.74, 6) is 1.46. The van der Waals surface area contributed by atoms with Gasteiger partial charge in [0.25, 0.3) is 0 Å². The Balaban J connectivity index is 1.59. The van der Waals surface area contributed by atoms with Gasteiger partial charge in [0.15, 0.2) is 0 Å². The summed E-state index contributed by atoms with van der Waals surface area (Å²) in [6.07, 6.45) is 3.16. The van der Waals surface area contributed by atoms with Gasteiger partial charge < -0.3 is 15.4 Å². The monoisotopic (exact) mass is 343 g/mol. The summed E-state index contributed by atoms with van der Waals surface area (Å²) in [5, 5.41) is 2.57. The third-order valence-corrected chi connectivity index (χ3v) is 5.57. The highest BCUT2D eigenvalue weighted by Gasteiger charge is 2.25. The van der Waals surface area contributed by atoms with Gasteiger partial charge in [-0.15, -0.1) is 0 Å². The Bertz CT molecular complexity index is 1040. The molecule has 1 heterocycles. The number of hydrogen-bond donors (Lipinski definition) is 1. The van der Waals surface area contributed by atoms with Crippen LogP contribution in [-0.2, 0) is 19.3 Å². The van der Waals surface area contributed by atoms with Crippen molar-refractivity contribution in [2.45, 2.75) is 19.3 Å². The van der Waals surface area contributed by atoms with Gasteiger partial charge in [-0.25, -0.2) is 4.99 Å². The van der Waals surface area contributed by atoms with Gasteiger partial charge in [0.2, 0.25) is 5.96 Å². The lowest BCUT2D eigenvalue weighted by Gasteiger charge is -2.19. The Morgan fingerprint density at radius 3 is 2.65 bits per heavy atom. The van der Waals surface area contributed by atoms with Crippen molar-refractivity contribution in [1.29, 1.82) is 0 Å². The van der Waals surface area contributed by atoms with Crippen LogP contribution < -0.4 is 15.4 Å². The van der Waals surface area contributed by atoms with Crippen LogP contribution in [0.15, 0.2) is 53.5 Å². The lowest BCUT2D eigenvalue weighted by atomic mass is 10.0. The Morgan fingerprint density at radius 2 is 1.81 bits per heavy atom. The maximum atomic E-state index is 6.44. The molecule has 4 heteroatoms. The molecule has 0 spiro atoms. The lowest BCUT2D eigenvalue weighted by Crippen LogP contribution is -2.35. The zero-order chi connectivity index (χ0) is 17.7. The SMILES string of the molecule is COc1cccc2c1CCN2C(N)=Nc1ccc2c3c(cccc13)CC2. The van der Waals surface area contributed by atoms with Gasteiger partial charge in [-0.3, -0.25) is 0 Å². The molecule has 2 aliphatic rings. The molecule has 0 bridgehead atoms. The van der Waals surface area contributed by atoms with Gasteiger partial charge in [-0.05, 0) is 54.0 Å². The van der Waals surface area contributed by atoms with Crippen LogP contribution in [0, 0.1) is 0 Å². The highest BCUT2D eigenvalue weighted by Crippen LogP contribution is 2.38. The molecule has 0 saturated carbocycles. The van der Waals surface area contributed by atoms with Crippen LogP contribution in [0.3, 0.4) is 0 Å². The smallest absolute Gasteiger partial charge is 0.201 e. The number of methoxy groups -OCH3 is 1. The number of nitrogens with zero attached hydrogens (tertiary/aromatic N) is 2. The molecule has 26 heavy (non-hydrogen) atoms. The topological polar surface area (TPSA) is 50.9 Å². The zero-order valence-corrected chi connectivity index (χ0v) is 14.8. The molecule has 0 amide bonds. The third-order valence-electron chi connectivity index (χ3n) is 5.57. The van der Waals surface area contributed by atoms with Crippen LogP contribution in [0.5, 0.6) is 5.75 Å². The predicted molar refractivity (Wildman–Crippen MR) is 107 cm³/mol. The number of nitrogens with two attached hydrogens (primary N) is 1. The third kappa shape index (κ3) is 2.18. The fourth-order valence-corrected chi connectivity index (χ4v) is 4.34. The summed E-state index contributed by atoms with van der Waals surface area (Å²) in [6, 6.07) is 16.9. The van der Waals surface area contributed by atoms with E-state index in [1.165, 1.54) is 27.5 Å². The van der Waals surface area contributed by atoms with E-state index < -0.39 is 0 Å². The molecule has 2 N–H and O–H groups in total. The Labute approximate surface area is 152 Å². The van der Waals surface area contributed by atoms with E-state index in [1.807, 2.05) is 12.1 Å². The van der Waals surface area contributed by atoms with Gasteiger partial charge in [0, 0.05) is 17.5 Å². The Hall–Kier alpha value is -3.01. The maximum absolute atomic E-state index is 6.44. The Morgan fingerprint density at radius 1 is 1.00 bits per heavy atom. The number of rotatable bonds is 2. The second kappa shape index (κ2) is 5.77. The van der Waals surface area contributed by atoms with E-state index in [0.29, 0.717) is 5.96 Å². The summed E-state index contributed by atoms with van der Waals surface area (Å²) in [6.45, 7) is 0.826. The normalized spacial score (nSPS) is 15.6. The molecule has 1 aliphatic carbocycles. The van der Waals surface area contributed by atoms with Crippen LogP contribution in [-0.4, -0.2) is 19.6 Å². The standard InChI is InChI=1S/C22H21N3O/c1-26-20-7-3-6-19-17(20)12-13-25(19)22(23)24-18-11-10-15-9-8-14-4-2-5-16(18)21(14)15/h2-7,10-11H,8-9,12-13H2,1H3,(H2,23,24). The Kier molecular flexibility index (Phi) is 3.38. The van der Waals surface area contributed by atoms with E-state index in [9.17, 15) is 0 Å². The van der Waals surface area contributed by atoms with Gasteiger partial charge >= 0.3 is 0 Å². The minimum Gasteiger partial charge on any atom is -0.496 e. The number of guanidine groups is 1. The quantitative estimate of drug-likeness (QED) is 0.566. The van der Waals surface area contributed by atoms with Crippen molar-refractivity contribution in [3.63, 3.8) is 0 Å². The fourth-order valence-electron chi connectivity index (χ4n) is 4.34. The summed E-state index contributed by atoms with van der Waals surface area (Å²) >= 11 is 0. The number of benzene rings is 3. The zero-order valence-electron chi connectivity index (χ0n) is 14.8. The lowest BCUT2D eigenvalue weighted by molar-refractivity contribution is 0.411. The summed E-state index contributed by atoms with van der Waals surface area (Å²) < 4.78 is 5.49. The molecule has 3 aromatic carbocycles. The van der Waals surface area contributed by atoms with Crippen molar-refractivity contribution in [2.75, 3.05) is 18.6 Å². The molecule has 3 aromatic rings. The minimum atomic E-state index is 0.538. The average molecular weight is 343 g/mol. The number of ether oxygens (including phenoxy) is 1. The molecule has 5 rings (SSSR count). The molecule has 1 aliphatic heterocycles. The van der Waals surface area contributed by atoms with E-state index in [0.717, 1.165) is 42.9 Å². The molecule has 0 unspecified atom stereocenters. The van der Waals surface area contributed by atoms with Crippen molar-refractivity contribution in [2.24, 2.45) is 10.7 Å². The van der Waals surface area contributed by atoms with E-state index in [-0.39, 0.29) is 0 Å². The minimum absolute atomic E-state index is 0.538. The molecule has 0 aromatic heterocycles. The summed E-state index contributed by atoms with van der Waals surface area (Å²) in [7, 11) is 1.71. The van der Waals surface area contributed by atoms with Gasteiger partial charge in [-0.2, -0.15) is 0 Å². The van der Waals surface area contributed by atoms with E-state index in [4.69, 9.17) is 15.5 Å². The first-order chi connectivity index (χ1) is 12.8. The first-order valence-electron chi connectivity index (χ1n) is 9.07. The molecule has 0 atom stereocenters. The molecule has 130 valence electrons. The fraction of sp³-hybridized carbons (Fsp3) is 0.227. The average Bonchev–Trinajstić information content (AvgIpc) is 3.29. The highest BCUT2D eigenvalue weighted by molar-refractivity contribution is 6.03. The number of aryl methyl sites for hydroxylation is 2.